The van der Waals surface area contributed by atoms with E-state index in [1.54, 1.807) is 0 Å². The zero-order valence-electron chi connectivity index (χ0n) is 12.0. The van der Waals surface area contributed by atoms with Gasteiger partial charge < -0.3 is 4.90 Å². The number of rotatable bonds is 3. The number of carbonyl (C=O) groups excluding carboxylic acids is 1. The van der Waals surface area contributed by atoms with Crippen molar-refractivity contribution in [1.29, 1.82) is 0 Å². The fourth-order valence-electron chi connectivity index (χ4n) is 2.69. The predicted molar refractivity (Wildman–Crippen MR) is 82.2 cm³/mol. The molecule has 0 heterocycles. The van der Waals surface area contributed by atoms with Gasteiger partial charge in [-0.1, -0.05) is 36.4 Å². The highest BCUT2D eigenvalue weighted by molar-refractivity contribution is 6.08. The van der Waals surface area contributed by atoms with Crippen LogP contribution in [0.15, 0.2) is 48.5 Å². The van der Waals surface area contributed by atoms with E-state index < -0.39 is 0 Å². The SMILES string of the molecule is Cc1cccc(C)c1C(=O)N(c1ccccc1)C1CC1. The molecule has 2 aromatic rings. The van der Waals surface area contributed by atoms with E-state index in [0.717, 1.165) is 35.2 Å². The first-order chi connectivity index (χ1) is 9.68. The van der Waals surface area contributed by atoms with E-state index in [2.05, 4.69) is 0 Å². The molecule has 0 spiro atoms. The number of carbonyl (C=O) groups is 1. The Morgan fingerprint density at radius 1 is 0.950 bits per heavy atom. The van der Waals surface area contributed by atoms with Crippen molar-refractivity contribution in [3.05, 3.63) is 65.2 Å². The minimum absolute atomic E-state index is 0.134. The topological polar surface area (TPSA) is 20.3 Å². The summed E-state index contributed by atoms with van der Waals surface area (Å²) in [5, 5.41) is 0. The van der Waals surface area contributed by atoms with Crippen molar-refractivity contribution in [2.75, 3.05) is 4.90 Å². The molecule has 1 amide bonds. The number of para-hydroxylation sites is 1. The Hall–Kier alpha value is -2.09. The molecule has 2 heteroatoms. The van der Waals surface area contributed by atoms with Crippen LogP contribution in [0.4, 0.5) is 5.69 Å². The molecule has 0 bridgehead atoms. The lowest BCUT2D eigenvalue weighted by molar-refractivity contribution is 0.0984. The first-order valence-electron chi connectivity index (χ1n) is 7.13. The Kier molecular flexibility index (Phi) is 3.31. The van der Waals surface area contributed by atoms with E-state index in [0.29, 0.717) is 6.04 Å². The number of nitrogens with zero attached hydrogens (tertiary/aromatic N) is 1. The molecule has 0 N–H and O–H groups in total. The van der Waals surface area contributed by atoms with Crippen LogP contribution in [0.2, 0.25) is 0 Å². The lowest BCUT2D eigenvalue weighted by Crippen LogP contribution is -2.34. The van der Waals surface area contributed by atoms with Crippen LogP contribution in [0.1, 0.15) is 34.3 Å². The van der Waals surface area contributed by atoms with Gasteiger partial charge in [-0.05, 0) is 49.9 Å². The van der Waals surface area contributed by atoms with Crippen molar-refractivity contribution in [3.63, 3.8) is 0 Å². The summed E-state index contributed by atoms with van der Waals surface area (Å²) in [4.78, 5) is 15.0. The van der Waals surface area contributed by atoms with Crippen molar-refractivity contribution in [3.8, 4) is 0 Å². The Morgan fingerprint density at radius 2 is 1.55 bits per heavy atom. The standard InChI is InChI=1S/C18H19NO/c1-13-7-6-8-14(2)17(13)18(20)19(16-11-12-16)15-9-4-3-5-10-15/h3-10,16H,11-12H2,1-2H3. The van der Waals surface area contributed by atoms with Crippen molar-refractivity contribution < 1.29 is 4.79 Å². The molecule has 20 heavy (non-hydrogen) atoms. The zero-order chi connectivity index (χ0) is 14.1. The van der Waals surface area contributed by atoms with Gasteiger partial charge in [0.25, 0.3) is 5.91 Å². The number of hydrogen-bond donors (Lipinski definition) is 0. The van der Waals surface area contributed by atoms with Crippen molar-refractivity contribution in [2.45, 2.75) is 32.7 Å². The van der Waals surface area contributed by atoms with Crippen LogP contribution in [0.3, 0.4) is 0 Å². The molecule has 1 aliphatic carbocycles. The van der Waals surface area contributed by atoms with E-state index in [4.69, 9.17) is 0 Å². The first-order valence-corrected chi connectivity index (χ1v) is 7.13. The summed E-state index contributed by atoms with van der Waals surface area (Å²) >= 11 is 0. The second kappa shape index (κ2) is 5.12. The largest absolute Gasteiger partial charge is 0.305 e. The molecule has 0 aliphatic heterocycles. The third-order valence-electron chi connectivity index (χ3n) is 3.86. The number of aryl methyl sites for hydroxylation is 2. The van der Waals surface area contributed by atoms with E-state index >= 15 is 0 Å². The van der Waals surface area contributed by atoms with Crippen molar-refractivity contribution in [1.82, 2.24) is 0 Å². The summed E-state index contributed by atoms with van der Waals surface area (Å²) in [5.74, 6) is 0.134. The van der Waals surface area contributed by atoms with Gasteiger partial charge in [0.1, 0.15) is 0 Å². The third kappa shape index (κ3) is 2.34. The monoisotopic (exact) mass is 265 g/mol. The van der Waals surface area contributed by atoms with Gasteiger partial charge in [0.2, 0.25) is 0 Å². The van der Waals surface area contributed by atoms with Crippen LogP contribution in [-0.4, -0.2) is 11.9 Å². The Morgan fingerprint density at radius 3 is 2.10 bits per heavy atom. The maximum Gasteiger partial charge on any atom is 0.259 e. The van der Waals surface area contributed by atoms with Gasteiger partial charge in [0.15, 0.2) is 0 Å². The van der Waals surface area contributed by atoms with Crippen LogP contribution in [0, 0.1) is 13.8 Å². The molecule has 0 saturated heterocycles. The molecular formula is C18H19NO. The van der Waals surface area contributed by atoms with Crippen molar-refractivity contribution in [2.24, 2.45) is 0 Å². The smallest absolute Gasteiger partial charge is 0.259 e. The summed E-state index contributed by atoms with van der Waals surface area (Å²) < 4.78 is 0. The molecule has 0 unspecified atom stereocenters. The van der Waals surface area contributed by atoms with Crippen LogP contribution >= 0.6 is 0 Å². The Labute approximate surface area is 120 Å². The van der Waals surface area contributed by atoms with Gasteiger partial charge in [-0.2, -0.15) is 0 Å². The fourth-order valence-corrected chi connectivity index (χ4v) is 2.69. The molecule has 102 valence electrons. The number of benzene rings is 2. The van der Waals surface area contributed by atoms with Crippen LogP contribution in [0.5, 0.6) is 0 Å². The van der Waals surface area contributed by atoms with E-state index in [1.807, 2.05) is 67.3 Å². The molecule has 1 saturated carbocycles. The summed E-state index contributed by atoms with van der Waals surface area (Å²) in [6.07, 6.45) is 2.21. The molecule has 2 aromatic carbocycles. The van der Waals surface area contributed by atoms with Crippen LogP contribution in [-0.2, 0) is 0 Å². The molecule has 0 atom stereocenters. The fraction of sp³-hybridized carbons (Fsp3) is 0.278. The minimum atomic E-state index is 0.134. The number of amides is 1. The molecule has 1 aliphatic rings. The first kappa shape index (κ1) is 12.9. The van der Waals surface area contributed by atoms with Gasteiger partial charge >= 0.3 is 0 Å². The van der Waals surface area contributed by atoms with E-state index in [-0.39, 0.29) is 5.91 Å². The highest BCUT2D eigenvalue weighted by Crippen LogP contribution is 2.33. The lowest BCUT2D eigenvalue weighted by atomic mass is 10.0. The second-order valence-electron chi connectivity index (χ2n) is 5.51. The summed E-state index contributed by atoms with van der Waals surface area (Å²) in [6.45, 7) is 4.02. The van der Waals surface area contributed by atoms with Gasteiger partial charge in [0.05, 0.1) is 0 Å². The zero-order valence-corrected chi connectivity index (χ0v) is 12.0. The number of anilines is 1. The average molecular weight is 265 g/mol. The minimum Gasteiger partial charge on any atom is -0.305 e. The summed E-state index contributed by atoms with van der Waals surface area (Å²) in [5.41, 5.74) is 3.96. The third-order valence-corrected chi connectivity index (χ3v) is 3.86. The van der Waals surface area contributed by atoms with Gasteiger partial charge in [-0.25, -0.2) is 0 Å². The molecule has 0 aromatic heterocycles. The predicted octanol–water partition coefficient (Wildman–Crippen LogP) is 4.11. The highest BCUT2D eigenvalue weighted by atomic mass is 16.2. The molecular weight excluding hydrogens is 246 g/mol. The van der Waals surface area contributed by atoms with Crippen LogP contribution < -0.4 is 4.90 Å². The normalized spacial score (nSPS) is 14.1. The van der Waals surface area contributed by atoms with Gasteiger partial charge in [-0.3, -0.25) is 4.79 Å². The quantitative estimate of drug-likeness (QED) is 0.817. The summed E-state index contributed by atoms with van der Waals surface area (Å²) in [6, 6.07) is 16.4. The average Bonchev–Trinajstić information content (AvgIpc) is 3.25. The lowest BCUT2D eigenvalue weighted by Gasteiger charge is -2.24. The molecule has 1 fully saturated rings. The van der Waals surface area contributed by atoms with Gasteiger partial charge in [0, 0.05) is 17.3 Å². The van der Waals surface area contributed by atoms with E-state index in [1.165, 1.54) is 0 Å². The maximum atomic E-state index is 13.0. The molecule has 2 nitrogen and oxygen atoms in total. The maximum absolute atomic E-state index is 13.0. The Bertz CT molecular complexity index is 609. The van der Waals surface area contributed by atoms with Crippen LogP contribution in [0.25, 0.3) is 0 Å². The molecule has 3 rings (SSSR count). The number of hydrogen-bond acceptors (Lipinski definition) is 1. The van der Waals surface area contributed by atoms with Crippen molar-refractivity contribution >= 4 is 11.6 Å². The second-order valence-corrected chi connectivity index (χ2v) is 5.51. The summed E-state index contributed by atoms with van der Waals surface area (Å²) in [7, 11) is 0. The van der Waals surface area contributed by atoms with E-state index in [9.17, 15) is 4.79 Å². The highest BCUT2D eigenvalue weighted by Gasteiger charge is 2.35. The van der Waals surface area contributed by atoms with Gasteiger partial charge in [-0.15, -0.1) is 0 Å². The Balaban J connectivity index is 2.02. The molecule has 0 radical (unpaired) electrons.